The lowest BCUT2D eigenvalue weighted by atomic mass is 9.29. The van der Waals surface area contributed by atoms with Crippen LogP contribution in [-0.4, -0.2) is 15.8 Å². The molecule has 0 radical (unpaired) electrons. The molecule has 15 aromatic rings. The first-order valence-electron chi connectivity index (χ1n) is 28.9. The van der Waals surface area contributed by atoms with Crippen LogP contribution < -0.4 is 21.3 Å². The predicted molar refractivity (Wildman–Crippen MR) is 349 cm³/mol. The first kappa shape index (κ1) is 47.2. The van der Waals surface area contributed by atoms with Crippen molar-refractivity contribution < 1.29 is 0 Å². The highest BCUT2D eigenvalue weighted by molar-refractivity contribution is 6.99. The molecule has 4 heterocycles. The molecule has 17 rings (SSSR count). The molecule has 0 saturated heterocycles. The minimum Gasteiger partial charge on any atom is -0.310 e. The Labute approximate surface area is 483 Å². The van der Waals surface area contributed by atoms with Gasteiger partial charge in [-0.25, -0.2) is 0 Å². The smallest absolute Gasteiger partial charge is 0.247 e. The van der Waals surface area contributed by atoms with Crippen LogP contribution in [0.1, 0.15) is 22.3 Å². The van der Waals surface area contributed by atoms with Crippen molar-refractivity contribution in [1.82, 2.24) is 9.13 Å². The van der Waals surface area contributed by atoms with Crippen molar-refractivity contribution in [1.29, 1.82) is 0 Å². The number of anilines is 3. The van der Waals surface area contributed by atoms with E-state index in [1.54, 1.807) is 0 Å². The van der Waals surface area contributed by atoms with Gasteiger partial charge in [0.1, 0.15) is 0 Å². The number of rotatable bonds is 8. The molecule has 0 fully saturated rings. The molecule has 0 amide bonds. The normalized spacial score (nSPS) is 13.1. The third-order valence-electron chi connectivity index (χ3n) is 18.0. The molecule has 0 atom stereocenters. The van der Waals surface area contributed by atoms with Crippen LogP contribution >= 0.6 is 0 Å². The van der Waals surface area contributed by atoms with E-state index in [0.29, 0.717) is 0 Å². The van der Waals surface area contributed by atoms with Crippen molar-refractivity contribution in [2.45, 2.75) is 5.41 Å². The fourth-order valence-corrected chi connectivity index (χ4v) is 14.6. The fourth-order valence-electron chi connectivity index (χ4n) is 14.6. The largest absolute Gasteiger partial charge is 0.310 e. The molecule has 4 heteroatoms. The van der Waals surface area contributed by atoms with Crippen LogP contribution in [0.25, 0.3) is 88.4 Å². The zero-order valence-electron chi connectivity index (χ0n) is 45.4. The summed E-state index contributed by atoms with van der Waals surface area (Å²) < 4.78 is 4.97. The van der Waals surface area contributed by atoms with Gasteiger partial charge >= 0.3 is 0 Å². The highest BCUT2D eigenvalue weighted by Crippen LogP contribution is 2.54. The monoisotopic (exact) mass is 1050 g/mol. The van der Waals surface area contributed by atoms with E-state index in [9.17, 15) is 0 Å². The molecular formula is C79H52BN3. The highest BCUT2D eigenvalue weighted by Gasteiger charge is 2.52. The van der Waals surface area contributed by atoms with Gasteiger partial charge in [0.25, 0.3) is 0 Å². The van der Waals surface area contributed by atoms with Gasteiger partial charge in [-0.05, 0) is 116 Å². The Bertz CT molecular complexity index is 4820. The summed E-state index contributed by atoms with van der Waals surface area (Å²) in [6.45, 7) is -0.171. The standard InChI is InChI=1S/C79H52BN3/c1-6-25-53(26-7-1)56-49-68-77-76(50-56)83(78-61(54-27-8-2-9-28-54)39-24-40-62(78)55-29-10-3-11-30-55)75-52-60(82-73-43-22-18-37-65(73)66-38-19-23-44-74(66)82)46-48-70(75)80(77)69-47-45-59(81-71-41-20-16-35-63(71)64-36-17-21-42-72(64)81)51-67(69)79(68,57-31-12-4-13-32-57)58-33-14-5-15-34-58/h1-52H. The number of fused-ring (bicyclic) bond motifs is 10. The van der Waals surface area contributed by atoms with Crippen LogP contribution in [0.5, 0.6) is 0 Å². The summed E-state index contributed by atoms with van der Waals surface area (Å²) >= 11 is 0. The molecule has 0 spiro atoms. The zero-order valence-corrected chi connectivity index (χ0v) is 45.4. The van der Waals surface area contributed by atoms with Gasteiger partial charge in [-0.2, -0.15) is 0 Å². The fraction of sp³-hybridized carbons (Fsp3) is 0.0127. The summed E-state index contributed by atoms with van der Waals surface area (Å²) in [5.41, 5.74) is 25.3. The molecule has 0 unspecified atom stereocenters. The summed E-state index contributed by atoms with van der Waals surface area (Å²) in [6, 6.07) is 118. The summed E-state index contributed by atoms with van der Waals surface area (Å²) in [7, 11) is 0. The third kappa shape index (κ3) is 7.00. The summed E-state index contributed by atoms with van der Waals surface area (Å²) in [5.74, 6) is 0. The van der Waals surface area contributed by atoms with E-state index in [2.05, 4.69) is 329 Å². The van der Waals surface area contributed by atoms with Gasteiger partial charge in [-0.3, -0.25) is 0 Å². The average Bonchev–Trinajstić information content (AvgIpc) is 2.89. The van der Waals surface area contributed by atoms with Gasteiger partial charge in [0.05, 0.1) is 33.2 Å². The second kappa shape index (κ2) is 18.7. The van der Waals surface area contributed by atoms with Crippen molar-refractivity contribution in [2.24, 2.45) is 0 Å². The first-order valence-corrected chi connectivity index (χ1v) is 28.9. The Kier molecular flexibility index (Phi) is 10.6. The molecule has 83 heavy (non-hydrogen) atoms. The van der Waals surface area contributed by atoms with Gasteiger partial charge in [-0.1, -0.05) is 260 Å². The van der Waals surface area contributed by atoms with Gasteiger partial charge in [0.15, 0.2) is 0 Å². The number of hydrogen-bond acceptors (Lipinski definition) is 1. The number of hydrogen-bond donors (Lipinski definition) is 0. The number of para-hydroxylation sites is 5. The van der Waals surface area contributed by atoms with Crippen molar-refractivity contribution in [2.75, 3.05) is 4.90 Å². The molecule has 0 aliphatic carbocycles. The van der Waals surface area contributed by atoms with Crippen LogP contribution in [0.15, 0.2) is 315 Å². The van der Waals surface area contributed by atoms with E-state index >= 15 is 0 Å². The van der Waals surface area contributed by atoms with E-state index in [4.69, 9.17) is 0 Å². The minimum absolute atomic E-state index is 0.171. The van der Waals surface area contributed by atoms with Gasteiger partial charge < -0.3 is 14.0 Å². The highest BCUT2D eigenvalue weighted by atomic mass is 15.2. The molecule has 2 aliphatic heterocycles. The maximum Gasteiger partial charge on any atom is 0.247 e. The molecule has 0 bridgehead atoms. The number of aromatic nitrogens is 2. The molecule has 0 N–H and O–H groups in total. The Morgan fingerprint density at radius 1 is 0.277 bits per heavy atom. The Hall–Kier alpha value is -10.7. The summed E-state index contributed by atoms with van der Waals surface area (Å²) in [6.07, 6.45) is 0. The molecular weight excluding hydrogens is 1000 g/mol. The quantitative estimate of drug-likeness (QED) is 0.138. The molecule has 2 aliphatic rings. The zero-order chi connectivity index (χ0) is 54.6. The lowest BCUT2D eigenvalue weighted by Gasteiger charge is -2.49. The molecule has 13 aromatic carbocycles. The van der Waals surface area contributed by atoms with E-state index in [0.717, 1.165) is 61.8 Å². The van der Waals surface area contributed by atoms with Crippen LogP contribution in [-0.2, 0) is 5.41 Å². The maximum absolute atomic E-state index is 2.68. The van der Waals surface area contributed by atoms with Crippen molar-refractivity contribution >= 4 is 83.8 Å². The average molecular weight is 1050 g/mol. The Balaban J connectivity index is 1.07. The first-order chi connectivity index (χ1) is 41.2. The van der Waals surface area contributed by atoms with Crippen molar-refractivity contribution in [3.8, 4) is 44.8 Å². The predicted octanol–water partition coefficient (Wildman–Crippen LogP) is 17.9. The number of benzene rings is 13. The van der Waals surface area contributed by atoms with E-state index in [1.165, 1.54) is 82.3 Å². The topological polar surface area (TPSA) is 13.1 Å². The number of nitrogens with zero attached hydrogens (tertiary/aromatic N) is 3. The maximum atomic E-state index is 2.68. The second-order valence-corrected chi connectivity index (χ2v) is 22.3. The molecule has 0 saturated carbocycles. The SMILES string of the molecule is c1ccc(-c2cc3c4c(c2)C(c2ccccc2)(c2ccccc2)c2cc(-n5c6ccccc6c6ccccc65)ccc2B4c2ccc(-n4c5ccccc5c5ccccc54)cc2N3c2c(-c3ccccc3)cccc2-c2ccccc2)cc1. The molecule has 2 aromatic heterocycles. The van der Waals surface area contributed by atoms with E-state index in [-0.39, 0.29) is 6.71 Å². The van der Waals surface area contributed by atoms with Crippen LogP contribution in [0, 0.1) is 0 Å². The lowest BCUT2D eigenvalue weighted by molar-refractivity contribution is 0.750. The van der Waals surface area contributed by atoms with Gasteiger partial charge in [0, 0.05) is 55.4 Å². The third-order valence-corrected chi connectivity index (χ3v) is 18.0. The minimum atomic E-state index is -0.800. The van der Waals surface area contributed by atoms with Gasteiger partial charge in [0.2, 0.25) is 6.71 Å². The van der Waals surface area contributed by atoms with Gasteiger partial charge in [-0.15, -0.1) is 0 Å². The van der Waals surface area contributed by atoms with E-state index < -0.39 is 5.41 Å². The van der Waals surface area contributed by atoms with Crippen molar-refractivity contribution in [3.63, 3.8) is 0 Å². The molecule has 3 nitrogen and oxygen atoms in total. The Morgan fingerprint density at radius 3 is 1.17 bits per heavy atom. The molecule has 386 valence electrons. The van der Waals surface area contributed by atoms with Crippen LogP contribution in [0.4, 0.5) is 17.1 Å². The summed E-state index contributed by atoms with van der Waals surface area (Å²) in [5, 5.41) is 4.96. The summed E-state index contributed by atoms with van der Waals surface area (Å²) in [4.78, 5) is 2.68. The van der Waals surface area contributed by atoms with Crippen LogP contribution in [0.2, 0.25) is 0 Å². The van der Waals surface area contributed by atoms with Crippen molar-refractivity contribution in [3.05, 3.63) is 338 Å². The van der Waals surface area contributed by atoms with Crippen LogP contribution in [0.3, 0.4) is 0 Å². The Morgan fingerprint density at radius 2 is 0.687 bits per heavy atom. The van der Waals surface area contributed by atoms with E-state index in [1.807, 2.05) is 0 Å². The lowest BCUT2D eigenvalue weighted by Crippen LogP contribution is -2.65. The second-order valence-electron chi connectivity index (χ2n) is 22.3.